The average molecular weight is 274 g/mol. The van der Waals surface area contributed by atoms with E-state index in [9.17, 15) is 0 Å². The van der Waals surface area contributed by atoms with E-state index < -0.39 is 0 Å². The molecular formula is C12H20ClN3S. The minimum atomic E-state index is 0.393. The third kappa shape index (κ3) is 5.94. The van der Waals surface area contributed by atoms with Gasteiger partial charge >= 0.3 is 0 Å². The molecule has 0 radical (unpaired) electrons. The molecule has 96 valence electrons. The summed E-state index contributed by atoms with van der Waals surface area (Å²) in [5.41, 5.74) is 0. The van der Waals surface area contributed by atoms with E-state index in [1.165, 1.54) is 4.88 Å². The van der Waals surface area contributed by atoms with Crippen molar-refractivity contribution < 1.29 is 0 Å². The Bertz CT molecular complexity index is 360. The molecule has 5 heteroatoms. The molecule has 0 aliphatic carbocycles. The van der Waals surface area contributed by atoms with Gasteiger partial charge < -0.3 is 10.6 Å². The van der Waals surface area contributed by atoms with Crippen molar-refractivity contribution in [3.05, 3.63) is 21.3 Å². The van der Waals surface area contributed by atoms with E-state index >= 15 is 0 Å². The Balaban J connectivity index is 2.42. The minimum absolute atomic E-state index is 0.393. The van der Waals surface area contributed by atoms with Crippen molar-refractivity contribution in [3.8, 4) is 0 Å². The summed E-state index contributed by atoms with van der Waals surface area (Å²) in [6.07, 6.45) is 0.937. The smallest absolute Gasteiger partial charge is 0.191 e. The van der Waals surface area contributed by atoms with E-state index in [1.807, 2.05) is 6.07 Å². The normalized spacial score (nSPS) is 11.9. The van der Waals surface area contributed by atoms with Gasteiger partial charge in [-0.1, -0.05) is 11.6 Å². The number of halogens is 1. The molecule has 0 aromatic carbocycles. The Kier molecular flexibility index (Phi) is 6.37. The summed E-state index contributed by atoms with van der Waals surface area (Å²) < 4.78 is 0.844. The van der Waals surface area contributed by atoms with Crippen LogP contribution in [-0.4, -0.2) is 25.1 Å². The Hall–Kier alpha value is -0.740. The van der Waals surface area contributed by atoms with Crippen LogP contribution < -0.4 is 10.6 Å². The highest BCUT2D eigenvalue weighted by atomic mass is 35.5. The maximum absolute atomic E-state index is 5.88. The van der Waals surface area contributed by atoms with Gasteiger partial charge in [0.05, 0.1) is 4.34 Å². The summed E-state index contributed by atoms with van der Waals surface area (Å²) in [5.74, 6) is 0.880. The lowest BCUT2D eigenvalue weighted by molar-refractivity contribution is 0.700. The number of rotatable bonds is 5. The monoisotopic (exact) mass is 273 g/mol. The molecule has 17 heavy (non-hydrogen) atoms. The van der Waals surface area contributed by atoms with Crippen molar-refractivity contribution in [1.29, 1.82) is 0 Å². The number of nitrogens with one attached hydrogen (secondary N) is 2. The molecule has 0 aliphatic rings. The fourth-order valence-corrected chi connectivity index (χ4v) is 2.43. The van der Waals surface area contributed by atoms with E-state index in [0.717, 1.165) is 29.8 Å². The highest BCUT2D eigenvalue weighted by molar-refractivity contribution is 7.16. The topological polar surface area (TPSA) is 36.4 Å². The Labute approximate surface area is 112 Å². The summed E-state index contributed by atoms with van der Waals surface area (Å²) in [5, 5.41) is 6.51. The molecule has 0 amide bonds. The second kappa shape index (κ2) is 7.56. The van der Waals surface area contributed by atoms with Crippen LogP contribution in [-0.2, 0) is 6.42 Å². The third-order valence-electron chi connectivity index (χ3n) is 2.03. The van der Waals surface area contributed by atoms with Gasteiger partial charge in [0.25, 0.3) is 0 Å². The standard InChI is InChI=1S/C12H20ClN3S/c1-4-14-12(16-9(2)3)15-8-7-10-5-6-11(13)17-10/h5-6,9H,4,7-8H2,1-3H3,(H2,14,15,16). The molecule has 0 saturated carbocycles. The lowest BCUT2D eigenvalue weighted by Gasteiger charge is -2.13. The van der Waals surface area contributed by atoms with Gasteiger partial charge in [-0.3, -0.25) is 4.99 Å². The molecule has 1 aromatic heterocycles. The second-order valence-corrected chi connectivity index (χ2v) is 5.82. The van der Waals surface area contributed by atoms with Gasteiger partial charge in [0.15, 0.2) is 5.96 Å². The summed E-state index contributed by atoms with van der Waals surface area (Å²) in [4.78, 5) is 5.79. The van der Waals surface area contributed by atoms with Crippen molar-refractivity contribution >= 4 is 28.9 Å². The molecule has 0 aliphatic heterocycles. The number of hydrogen-bond donors (Lipinski definition) is 2. The summed E-state index contributed by atoms with van der Waals surface area (Å²) >= 11 is 7.50. The van der Waals surface area contributed by atoms with E-state index in [-0.39, 0.29) is 0 Å². The SMILES string of the molecule is CCNC(=NCCc1ccc(Cl)s1)NC(C)C. The maximum Gasteiger partial charge on any atom is 0.191 e. The van der Waals surface area contributed by atoms with Crippen molar-refractivity contribution in [2.45, 2.75) is 33.2 Å². The van der Waals surface area contributed by atoms with Gasteiger partial charge in [-0.2, -0.15) is 0 Å². The van der Waals surface area contributed by atoms with Crippen LogP contribution in [0.15, 0.2) is 17.1 Å². The molecule has 3 nitrogen and oxygen atoms in total. The molecule has 0 fully saturated rings. The molecule has 0 saturated heterocycles. The van der Waals surface area contributed by atoms with Gasteiger partial charge in [0.1, 0.15) is 0 Å². The van der Waals surface area contributed by atoms with Crippen molar-refractivity contribution in [2.24, 2.45) is 4.99 Å². The van der Waals surface area contributed by atoms with Crippen molar-refractivity contribution in [2.75, 3.05) is 13.1 Å². The zero-order valence-electron chi connectivity index (χ0n) is 10.6. The quantitative estimate of drug-likeness (QED) is 0.639. The summed E-state index contributed by atoms with van der Waals surface area (Å²) in [6.45, 7) is 7.93. The number of thiophene rings is 1. The first-order valence-corrected chi connectivity index (χ1v) is 7.10. The highest BCUT2D eigenvalue weighted by Gasteiger charge is 2.00. The van der Waals surface area contributed by atoms with Crippen LogP contribution >= 0.6 is 22.9 Å². The first kappa shape index (κ1) is 14.3. The van der Waals surface area contributed by atoms with E-state index in [2.05, 4.69) is 42.5 Å². The maximum atomic E-state index is 5.88. The zero-order valence-corrected chi connectivity index (χ0v) is 12.2. The highest BCUT2D eigenvalue weighted by Crippen LogP contribution is 2.21. The molecule has 0 bridgehead atoms. The molecule has 2 N–H and O–H groups in total. The first-order valence-electron chi connectivity index (χ1n) is 5.91. The van der Waals surface area contributed by atoms with Gasteiger partial charge in [0, 0.05) is 30.4 Å². The largest absolute Gasteiger partial charge is 0.357 e. The van der Waals surface area contributed by atoms with Gasteiger partial charge in [0.2, 0.25) is 0 Å². The number of guanidine groups is 1. The number of hydrogen-bond acceptors (Lipinski definition) is 2. The molecule has 1 heterocycles. The zero-order chi connectivity index (χ0) is 12.7. The predicted octanol–water partition coefficient (Wildman–Crippen LogP) is 2.91. The predicted molar refractivity (Wildman–Crippen MR) is 77.3 cm³/mol. The average Bonchev–Trinajstić information content (AvgIpc) is 2.63. The Morgan fingerprint density at radius 2 is 2.24 bits per heavy atom. The second-order valence-electron chi connectivity index (χ2n) is 4.02. The molecule has 1 aromatic rings. The van der Waals surface area contributed by atoms with Crippen molar-refractivity contribution in [1.82, 2.24) is 10.6 Å². The Morgan fingerprint density at radius 1 is 1.47 bits per heavy atom. The van der Waals surface area contributed by atoms with E-state index in [1.54, 1.807) is 11.3 Å². The Morgan fingerprint density at radius 3 is 2.76 bits per heavy atom. The van der Waals surface area contributed by atoms with Crippen LogP contribution in [0.4, 0.5) is 0 Å². The summed E-state index contributed by atoms with van der Waals surface area (Å²) in [7, 11) is 0. The van der Waals surface area contributed by atoms with Crippen molar-refractivity contribution in [3.63, 3.8) is 0 Å². The number of nitrogens with zero attached hydrogens (tertiary/aromatic N) is 1. The van der Waals surface area contributed by atoms with Crippen LogP contribution in [0.25, 0.3) is 0 Å². The number of aliphatic imine (C=N–C) groups is 1. The molecule has 0 spiro atoms. The third-order valence-corrected chi connectivity index (χ3v) is 3.32. The lowest BCUT2D eigenvalue weighted by atomic mass is 10.3. The van der Waals surface area contributed by atoms with Crippen LogP contribution in [0.3, 0.4) is 0 Å². The first-order chi connectivity index (χ1) is 8.11. The van der Waals surface area contributed by atoms with Crippen LogP contribution in [0.5, 0.6) is 0 Å². The van der Waals surface area contributed by atoms with Gasteiger partial charge in [-0.15, -0.1) is 11.3 Å². The van der Waals surface area contributed by atoms with Crippen LogP contribution in [0, 0.1) is 0 Å². The fourth-order valence-electron chi connectivity index (χ4n) is 1.36. The molecule has 0 unspecified atom stereocenters. The van der Waals surface area contributed by atoms with Gasteiger partial charge in [-0.25, -0.2) is 0 Å². The van der Waals surface area contributed by atoms with E-state index in [0.29, 0.717) is 6.04 Å². The van der Waals surface area contributed by atoms with Crippen LogP contribution in [0.1, 0.15) is 25.6 Å². The van der Waals surface area contributed by atoms with E-state index in [4.69, 9.17) is 11.6 Å². The summed E-state index contributed by atoms with van der Waals surface area (Å²) in [6, 6.07) is 4.39. The fraction of sp³-hybridized carbons (Fsp3) is 0.583. The molecule has 0 atom stereocenters. The lowest BCUT2D eigenvalue weighted by Crippen LogP contribution is -2.41. The minimum Gasteiger partial charge on any atom is -0.357 e. The van der Waals surface area contributed by atoms with Crippen LogP contribution in [0.2, 0.25) is 4.34 Å². The van der Waals surface area contributed by atoms with Gasteiger partial charge in [-0.05, 0) is 32.9 Å². The molecule has 1 rings (SSSR count). The molecular weight excluding hydrogens is 254 g/mol.